The van der Waals surface area contributed by atoms with Crippen LogP contribution in [0.25, 0.3) is 0 Å². The zero-order valence-electron chi connectivity index (χ0n) is 12.0. The molecule has 0 saturated carbocycles. The number of ether oxygens (including phenoxy) is 1. The number of esters is 1. The molecule has 2 atom stereocenters. The number of methoxy groups -OCH3 is 1. The van der Waals surface area contributed by atoms with Gasteiger partial charge < -0.3 is 10.5 Å². The van der Waals surface area contributed by atoms with Crippen molar-refractivity contribution in [2.24, 2.45) is 15.8 Å². The Bertz CT molecular complexity index is 429. The summed E-state index contributed by atoms with van der Waals surface area (Å²) in [6.45, 7) is 3.66. The van der Waals surface area contributed by atoms with E-state index in [2.05, 4.69) is 25.6 Å². The lowest BCUT2D eigenvalue weighted by Gasteiger charge is -2.09. The summed E-state index contributed by atoms with van der Waals surface area (Å²) in [4.78, 5) is 27.0. The van der Waals surface area contributed by atoms with Gasteiger partial charge in [0.05, 0.1) is 7.11 Å². The molecule has 1 amide bonds. The molecule has 0 radical (unpaired) electrons. The molecule has 0 saturated heterocycles. The molecule has 112 valence electrons. The van der Waals surface area contributed by atoms with Crippen LogP contribution in [0, 0.1) is 0 Å². The first-order valence-corrected chi connectivity index (χ1v) is 6.43. The van der Waals surface area contributed by atoms with Gasteiger partial charge in [0.25, 0.3) is 5.91 Å². The third kappa shape index (κ3) is 4.96. The minimum atomic E-state index is -0.654. The second kappa shape index (κ2) is 7.59. The van der Waals surface area contributed by atoms with Crippen LogP contribution in [0.2, 0.25) is 0 Å². The van der Waals surface area contributed by atoms with Crippen molar-refractivity contribution in [2.45, 2.75) is 45.2 Å². The lowest BCUT2D eigenvalue weighted by atomic mass is 10.1. The highest BCUT2D eigenvalue weighted by molar-refractivity contribution is 6.05. The molecule has 4 N–H and O–H groups in total. The molecule has 0 aromatic carbocycles. The monoisotopic (exact) mass is 283 g/mol. The number of hydrogen-bond acceptors (Lipinski definition) is 7. The first kappa shape index (κ1) is 16.1. The first-order valence-electron chi connectivity index (χ1n) is 6.43. The summed E-state index contributed by atoms with van der Waals surface area (Å²) in [5, 5.41) is 6.56. The van der Waals surface area contributed by atoms with Crippen LogP contribution >= 0.6 is 0 Å². The van der Waals surface area contributed by atoms with Crippen molar-refractivity contribution in [1.29, 1.82) is 0 Å². The van der Waals surface area contributed by atoms with E-state index in [-0.39, 0.29) is 5.91 Å². The molecule has 1 heterocycles. The molecule has 2 unspecified atom stereocenters. The lowest BCUT2D eigenvalue weighted by Crippen LogP contribution is -2.35. The molecule has 1 rings (SSSR count). The number of rotatable bonds is 6. The standard InChI is InChI=1S/C12H21N5O3/c1-7(2)16-17-12-14-9(10(18)15-12)6-4-5-8(13)11(19)20-3/h8-9H,4-6,13H2,1-3H3,(H2,14,15,17,18). The maximum Gasteiger partial charge on any atom is 0.322 e. The molecule has 1 aliphatic heterocycles. The van der Waals surface area contributed by atoms with E-state index in [4.69, 9.17) is 5.73 Å². The SMILES string of the molecule is COC(=O)C(N)CCCC1N=C(NN=C(C)C)NC1=O. The largest absolute Gasteiger partial charge is 0.468 e. The predicted molar refractivity (Wildman–Crippen MR) is 75.1 cm³/mol. The van der Waals surface area contributed by atoms with Crippen LogP contribution in [-0.2, 0) is 14.3 Å². The number of nitrogens with one attached hydrogen (secondary N) is 2. The summed E-state index contributed by atoms with van der Waals surface area (Å²) in [6, 6.07) is -1.12. The molecular weight excluding hydrogens is 262 g/mol. The van der Waals surface area contributed by atoms with Crippen molar-refractivity contribution < 1.29 is 14.3 Å². The molecule has 0 fully saturated rings. The number of aliphatic imine (C=N–C) groups is 1. The number of hydrogen-bond donors (Lipinski definition) is 3. The van der Waals surface area contributed by atoms with Crippen molar-refractivity contribution in [3.8, 4) is 0 Å². The minimum absolute atomic E-state index is 0.178. The molecule has 1 aliphatic rings. The number of carbonyl (C=O) groups excluding carboxylic acids is 2. The summed E-state index contributed by atoms with van der Waals surface area (Å²) in [7, 11) is 1.30. The van der Waals surface area contributed by atoms with Gasteiger partial charge in [-0.3, -0.25) is 14.9 Å². The van der Waals surface area contributed by atoms with E-state index in [1.165, 1.54) is 7.11 Å². The minimum Gasteiger partial charge on any atom is -0.468 e. The van der Waals surface area contributed by atoms with E-state index in [0.29, 0.717) is 25.2 Å². The number of carbonyl (C=O) groups is 2. The second-order valence-corrected chi connectivity index (χ2v) is 4.71. The smallest absolute Gasteiger partial charge is 0.322 e. The van der Waals surface area contributed by atoms with Crippen LogP contribution < -0.4 is 16.5 Å². The quantitative estimate of drug-likeness (QED) is 0.345. The van der Waals surface area contributed by atoms with Crippen LogP contribution in [0.3, 0.4) is 0 Å². The zero-order valence-corrected chi connectivity index (χ0v) is 12.0. The molecule has 0 aromatic rings. The van der Waals surface area contributed by atoms with Gasteiger partial charge in [-0.25, -0.2) is 10.4 Å². The van der Waals surface area contributed by atoms with Crippen LogP contribution in [0.1, 0.15) is 33.1 Å². The van der Waals surface area contributed by atoms with Crippen LogP contribution in [-0.4, -0.2) is 42.7 Å². The third-order valence-electron chi connectivity index (χ3n) is 2.71. The summed E-state index contributed by atoms with van der Waals surface area (Å²) < 4.78 is 4.53. The Morgan fingerprint density at radius 2 is 2.30 bits per heavy atom. The van der Waals surface area contributed by atoms with Crippen LogP contribution in [0.5, 0.6) is 0 Å². The first-order chi connectivity index (χ1) is 9.43. The zero-order chi connectivity index (χ0) is 15.1. The van der Waals surface area contributed by atoms with Crippen molar-refractivity contribution in [3.63, 3.8) is 0 Å². The number of nitrogens with zero attached hydrogens (tertiary/aromatic N) is 2. The maximum absolute atomic E-state index is 11.7. The predicted octanol–water partition coefficient (Wildman–Crippen LogP) is -0.503. The van der Waals surface area contributed by atoms with Gasteiger partial charge in [-0.15, -0.1) is 0 Å². The average molecular weight is 283 g/mol. The number of guanidine groups is 1. The molecule has 0 bridgehead atoms. The molecular formula is C12H21N5O3. The molecule has 0 aromatic heterocycles. The van der Waals surface area contributed by atoms with Gasteiger partial charge >= 0.3 is 5.97 Å². The van der Waals surface area contributed by atoms with Crippen molar-refractivity contribution in [3.05, 3.63) is 0 Å². The van der Waals surface area contributed by atoms with E-state index < -0.39 is 18.1 Å². The van der Waals surface area contributed by atoms with E-state index in [0.717, 1.165) is 5.71 Å². The number of amides is 1. The summed E-state index contributed by atoms with van der Waals surface area (Å²) in [5.41, 5.74) is 9.12. The fourth-order valence-electron chi connectivity index (χ4n) is 1.66. The van der Waals surface area contributed by atoms with Gasteiger partial charge in [-0.2, -0.15) is 5.10 Å². The summed E-state index contributed by atoms with van der Waals surface area (Å²) >= 11 is 0. The van der Waals surface area contributed by atoms with E-state index >= 15 is 0 Å². The van der Waals surface area contributed by atoms with Gasteiger partial charge in [-0.05, 0) is 33.1 Å². The Morgan fingerprint density at radius 1 is 1.60 bits per heavy atom. The van der Waals surface area contributed by atoms with E-state index in [9.17, 15) is 9.59 Å². The van der Waals surface area contributed by atoms with Gasteiger partial charge in [0.1, 0.15) is 12.1 Å². The van der Waals surface area contributed by atoms with Crippen molar-refractivity contribution in [1.82, 2.24) is 10.7 Å². The van der Waals surface area contributed by atoms with Gasteiger partial charge in [0, 0.05) is 5.71 Å². The lowest BCUT2D eigenvalue weighted by molar-refractivity contribution is -0.142. The van der Waals surface area contributed by atoms with E-state index in [1.54, 1.807) is 0 Å². The molecule has 8 nitrogen and oxygen atoms in total. The number of hydrazone groups is 1. The Labute approximate surface area is 117 Å². The maximum atomic E-state index is 11.7. The fourth-order valence-corrected chi connectivity index (χ4v) is 1.66. The highest BCUT2D eigenvalue weighted by atomic mass is 16.5. The molecule has 20 heavy (non-hydrogen) atoms. The van der Waals surface area contributed by atoms with Gasteiger partial charge in [0.2, 0.25) is 5.96 Å². The number of nitrogens with two attached hydrogens (primary N) is 1. The van der Waals surface area contributed by atoms with Gasteiger partial charge in [0.15, 0.2) is 0 Å². The normalized spacial score (nSPS) is 18.9. The second-order valence-electron chi connectivity index (χ2n) is 4.71. The Kier molecular flexibility index (Phi) is 6.10. The fraction of sp³-hybridized carbons (Fsp3) is 0.667. The topological polar surface area (TPSA) is 118 Å². The summed E-state index contributed by atoms with van der Waals surface area (Å²) in [5.74, 6) is -0.277. The highest BCUT2D eigenvalue weighted by Gasteiger charge is 2.26. The third-order valence-corrected chi connectivity index (χ3v) is 2.71. The van der Waals surface area contributed by atoms with Crippen molar-refractivity contribution in [2.75, 3.05) is 7.11 Å². The van der Waals surface area contributed by atoms with Crippen LogP contribution in [0.15, 0.2) is 10.1 Å². The van der Waals surface area contributed by atoms with E-state index in [1.807, 2.05) is 13.8 Å². The Hall–Kier alpha value is -1.96. The Morgan fingerprint density at radius 3 is 2.90 bits per heavy atom. The van der Waals surface area contributed by atoms with Crippen LogP contribution in [0.4, 0.5) is 0 Å². The molecule has 0 aliphatic carbocycles. The molecule has 8 heteroatoms. The van der Waals surface area contributed by atoms with Gasteiger partial charge in [-0.1, -0.05) is 0 Å². The van der Waals surface area contributed by atoms with Crippen molar-refractivity contribution >= 4 is 23.5 Å². The Balaban J connectivity index is 2.38. The highest BCUT2D eigenvalue weighted by Crippen LogP contribution is 2.10. The average Bonchev–Trinajstić information content (AvgIpc) is 2.76. The summed E-state index contributed by atoms with van der Waals surface area (Å²) in [6.07, 6.45) is 1.60. The molecule has 0 spiro atoms.